The van der Waals surface area contributed by atoms with Crippen LogP contribution in [-0.4, -0.2) is 45.3 Å². The molecule has 2 N–H and O–H groups in total. The lowest BCUT2D eigenvalue weighted by Gasteiger charge is -2.50. The molecule has 2 heterocycles. The van der Waals surface area contributed by atoms with E-state index in [9.17, 15) is 24.6 Å². The van der Waals surface area contributed by atoms with Gasteiger partial charge in [-0.1, -0.05) is 90.0 Å². The summed E-state index contributed by atoms with van der Waals surface area (Å²) in [7, 11) is 0. The number of aryl methyl sites for hydroxylation is 1. The number of amides is 4. The number of allylic oxidation sites excluding steroid dienone is 2. The highest BCUT2D eigenvalue weighted by molar-refractivity contribution is 6.32. The second kappa shape index (κ2) is 12.0. The lowest BCUT2D eigenvalue weighted by atomic mass is 9.49. The molecule has 2 aliphatic heterocycles. The number of phenols is 2. The zero-order chi connectivity index (χ0) is 34.9. The van der Waals surface area contributed by atoms with Crippen molar-refractivity contribution in [1.82, 2.24) is 4.90 Å². The number of hydrogen-bond donors (Lipinski definition) is 2. The van der Waals surface area contributed by atoms with Gasteiger partial charge in [-0.25, -0.2) is 4.90 Å². The van der Waals surface area contributed by atoms with Crippen LogP contribution in [0.25, 0.3) is 0 Å². The molecule has 4 amide bonds. The van der Waals surface area contributed by atoms with Crippen LogP contribution in [0.3, 0.4) is 0 Å². The summed E-state index contributed by atoms with van der Waals surface area (Å²) >= 11 is 6.38. The molecule has 9 heteroatoms. The van der Waals surface area contributed by atoms with Gasteiger partial charge in [-0.05, 0) is 79.1 Å². The van der Waals surface area contributed by atoms with Crippen molar-refractivity contribution in [2.75, 3.05) is 11.4 Å². The highest BCUT2D eigenvalue weighted by atomic mass is 35.5. The third-order valence-corrected chi connectivity index (χ3v) is 11.6. The van der Waals surface area contributed by atoms with E-state index in [1.54, 1.807) is 67.6 Å². The summed E-state index contributed by atoms with van der Waals surface area (Å²) in [5, 5.41) is 21.8. The summed E-state index contributed by atoms with van der Waals surface area (Å²) < 4.78 is 0. The van der Waals surface area contributed by atoms with E-state index in [-0.39, 0.29) is 36.3 Å². The maximum atomic E-state index is 15.3. The van der Waals surface area contributed by atoms with Gasteiger partial charge in [-0.15, -0.1) is 0 Å². The molecule has 0 aromatic heterocycles. The van der Waals surface area contributed by atoms with Crippen LogP contribution < -0.4 is 4.90 Å². The number of aromatic hydroxyl groups is 2. The zero-order valence-corrected chi connectivity index (χ0v) is 28.1. The third-order valence-electron chi connectivity index (χ3n) is 11.4. The number of fused-ring (bicyclic) bond motifs is 4. The van der Waals surface area contributed by atoms with E-state index in [4.69, 9.17) is 11.6 Å². The molecule has 0 unspecified atom stereocenters. The van der Waals surface area contributed by atoms with Crippen LogP contribution in [0.4, 0.5) is 5.69 Å². The van der Waals surface area contributed by atoms with Crippen molar-refractivity contribution in [1.29, 1.82) is 0 Å². The van der Waals surface area contributed by atoms with Gasteiger partial charge >= 0.3 is 0 Å². The summed E-state index contributed by atoms with van der Waals surface area (Å²) in [4.78, 5) is 61.0. The summed E-state index contributed by atoms with van der Waals surface area (Å²) in [6.45, 7) is 1.99. The number of para-hydroxylation sites is 1. The van der Waals surface area contributed by atoms with Crippen LogP contribution in [0.15, 0.2) is 109 Å². The van der Waals surface area contributed by atoms with Gasteiger partial charge in [-0.3, -0.25) is 24.1 Å². The molecule has 6 atom stereocenters. The number of likely N-dealkylation sites (tertiary alicyclic amines) is 1. The number of halogens is 1. The van der Waals surface area contributed by atoms with Crippen molar-refractivity contribution in [2.45, 2.75) is 37.5 Å². The fourth-order valence-electron chi connectivity index (χ4n) is 9.19. The number of hydrogen-bond acceptors (Lipinski definition) is 6. The summed E-state index contributed by atoms with van der Waals surface area (Å²) in [5.41, 5.74) is 2.34. The molecule has 4 aromatic rings. The number of carbonyl (C=O) groups is 4. The molecule has 8 rings (SSSR count). The monoisotopic (exact) mass is 686 g/mol. The SMILES string of the molecule is Cc1cccc([C@H]2C3=CC[C@@H]4C(=O)N(CCc5ccc(O)cc5)C(=O)[C@@H]4[C@@H]3C[C@H]3C(=O)N(c4cccc(Cl)c4)C(=O)[C@@]23c2ccccc2)c1O. The highest BCUT2D eigenvalue weighted by Gasteiger charge is 2.70. The lowest BCUT2D eigenvalue weighted by molar-refractivity contribution is -0.140. The minimum atomic E-state index is -1.45. The van der Waals surface area contributed by atoms with Gasteiger partial charge in [0.25, 0.3) is 0 Å². The second-order valence-corrected chi connectivity index (χ2v) is 14.3. The first kappa shape index (κ1) is 32.0. The molecule has 4 aromatic carbocycles. The Morgan fingerprint density at radius 3 is 2.30 bits per heavy atom. The molecule has 0 spiro atoms. The van der Waals surface area contributed by atoms with Crippen LogP contribution in [0.1, 0.15) is 41.0 Å². The minimum Gasteiger partial charge on any atom is -0.508 e. The van der Waals surface area contributed by atoms with Crippen LogP contribution in [0.5, 0.6) is 11.5 Å². The molecule has 3 fully saturated rings. The number of anilines is 1. The van der Waals surface area contributed by atoms with Gasteiger partial charge < -0.3 is 10.2 Å². The van der Waals surface area contributed by atoms with Gasteiger partial charge in [0.1, 0.15) is 11.5 Å². The Labute approximate surface area is 294 Å². The van der Waals surface area contributed by atoms with Crippen LogP contribution >= 0.6 is 11.6 Å². The minimum absolute atomic E-state index is 0.0287. The van der Waals surface area contributed by atoms with Gasteiger partial charge in [0.05, 0.1) is 28.9 Å². The Balaban J connectivity index is 1.29. The molecule has 2 saturated heterocycles. The number of benzene rings is 4. The molecule has 50 heavy (non-hydrogen) atoms. The van der Waals surface area contributed by atoms with E-state index in [1.165, 1.54) is 9.80 Å². The first-order valence-corrected chi connectivity index (χ1v) is 17.3. The van der Waals surface area contributed by atoms with Crippen molar-refractivity contribution in [2.24, 2.45) is 23.7 Å². The Bertz CT molecular complexity index is 2100. The second-order valence-electron chi connectivity index (χ2n) is 13.9. The van der Waals surface area contributed by atoms with Crippen molar-refractivity contribution in [3.05, 3.63) is 136 Å². The van der Waals surface area contributed by atoms with Crippen molar-refractivity contribution in [3.8, 4) is 11.5 Å². The molecule has 0 radical (unpaired) electrons. The van der Waals surface area contributed by atoms with Gasteiger partial charge in [-0.2, -0.15) is 0 Å². The van der Waals surface area contributed by atoms with E-state index < -0.39 is 46.8 Å². The first-order valence-electron chi connectivity index (χ1n) is 16.9. The summed E-state index contributed by atoms with van der Waals surface area (Å²) in [5.74, 6) is -4.71. The number of imide groups is 2. The average Bonchev–Trinajstić information content (AvgIpc) is 3.50. The lowest BCUT2D eigenvalue weighted by Crippen LogP contribution is -2.53. The Kier molecular flexibility index (Phi) is 7.68. The molecular weight excluding hydrogens is 652 g/mol. The van der Waals surface area contributed by atoms with Gasteiger partial charge in [0.15, 0.2) is 0 Å². The molecule has 1 saturated carbocycles. The maximum Gasteiger partial charge on any atom is 0.246 e. The Morgan fingerprint density at radius 1 is 0.820 bits per heavy atom. The van der Waals surface area contributed by atoms with E-state index in [2.05, 4.69) is 0 Å². The van der Waals surface area contributed by atoms with Gasteiger partial charge in [0.2, 0.25) is 23.6 Å². The number of phenolic OH excluding ortho intramolecular Hbond substituents is 2. The summed E-state index contributed by atoms with van der Waals surface area (Å²) in [6.07, 6.45) is 2.91. The van der Waals surface area contributed by atoms with E-state index >= 15 is 4.79 Å². The maximum absolute atomic E-state index is 15.3. The molecular formula is C41H35ClN2O6. The predicted molar refractivity (Wildman–Crippen MR) is 187 cm³/mol. The van der Waals surface area contributed by atoms with Crippen LogP contribution in [0.2, 0.25) is 5.02 Å². The first-order chi connectivity index (χ1) is 24.1. The smallest absolute Gasteiger partial charge is 0.246 e. The molecule has 252 valence electrons. The van der Waals surface area contributed by atoms with E-state index in [1.807, 2.05) is 42.5 Å². The highest BCUT2D eigenvalue weighted by Crippen LogP contribution is 2.65. The third kappa shape index (κ3) is 4.65. The molecule has 4 aliphatic rings. The normalized spacial score (nSPS) is 27.2. The van der Waals surface area contributed by atoms with Crippen molar-refractivity contribution >= 4 is 40.9 Å². The van der Waals surface area contributed by atoms with Crippen LogP contribution in [-0.2, 0) is 31.0 Å². The zero-order valence-electron chi connectivity index (χ0n) is 27.3. The van der Waals surface area contributed by atoms with E-state index in [0.717, 1.165) is 11.1 Å². The molecule has 2 aliphatic carbocycles. The number of carbonyl (C=O) groups excluding carboxylic acids is 4. The largest absolute Gasteiger partial charge is 0.508 e. The topological polar surface area (TPSA) is 115 Å². The molecule has 8 nitrogen and oxygen atoms in total. The standard InChI is InChI=1S/C41H35ClN2O6/c1-23-7-5-12-31(36(23)46)35-29-17-18-30-34(39(49)43(37(30)47)20-19-24-13-15-28(45)16-14-24)32(29)22-33-38(48)44(27-11-6-10-26(42)21-27)40(50)41(33,35)25-8-3-2-4-9-25/h2-17,21,30,32-35,45-46H,18-20,22H2,1H3/t30-,32+,33-,34-,35+,41+/m0/s1. The fourth-order valence-corrected chi connectivity index (χ4v) is 9.38. The average molecular weight is 687 g/mol. The number of nitrogens with zero attached hydrogens (tertiary/aromatic N) is 2. The molecule has 0 bridgehead atoms. The number of rotatable bonds is 6. The quantitative estimate of drug-likeness (QED) is 0.178. The van der Waals surface area contributed by atoms with Crippen LogP contribution in [0, 0.1) is 30.6 Å². The predicted octanol–water partition coefficient (Wildman–Crippen LogP) is 6.46. The Hall–Kier alpha value is -5.21. The Morgan fingerprint density at radius 2 is 1.56 bits per heavy atom. The van der Waals surface area contributed by atoms with Gasteiger partial charge in [0, 0.05) is 23.0 Å². The van der Waals surface area contributed by atoms with Crippen molar-refractivity contribution in [3.63, 3.8) is 0 Å². The van der Waals surface area contributed by atoms with Crippen molar-refractivity contribution < 1.29 is 29.4 Å². The van der Waals surface area contributed by atoms with E-state index in [0.29, 0.717) is 40.2 Å². The summed E-state index contributed by atoms with van der Waals surface area (Å²) in [6, 6.07) is 28.0. The fraction of sp³-hybridized carbons (Fsp3) is 0.268.